The average Bonchev–Trinajstić information content (AvgIpc) is 2.24. The van der Waals surface area contributed by atoms with Crippen LogP contribution < -0.4 is 10.6 Å². The van der Waals surface area contributed by atoms with E-state index in [-0.39, 0.29) is 11.8 Å². The highest BCUT2D eigenvalue weighted by molar-refractivity contribution is 5.89. The number of amides is 2. The van der Waals surface area contributed by atoms with Crippen LogP contribution in [0.15, 0.2) is 24.3 Å². The molecule has 1 aromatic rings. The predicted octanol–water partition coefficient (Wildman–Crippen LogP) is 2.70. The van der Waals surface area contributed by atoms with Crippen molar-refractivity contribution in [1.82, 2.24) is 5.32 Å². The third-order valence-corrected chi connectivity index (χ3v) is 2.17. The summed E-state index contributed by atoms with van der Waals surface area (Å²) in [5, 5.41) is 14.6. The first-order chi connectivity index (χ1) is 7.72. The lowest BCUT2D eigenvalue weighted by Gasteiger charge is -2.07. The largest absolute Gasteiger partial charge is 0.508 e. The number of phenols is 1. The number of phenolic OH excluding ortho intramolecular Hbond substituents is 1. The molecule has 4 nitrogen and oxygen atoms in total. The normalized spacial score (nSPS) is 9.81. The van der Waals surface area contributed by atoms with Gasteiger partial charge < -0.3 is 15.7 Å². The van der Waals surface area contributed by atoms with Crippen molar-refractivity contribution in [2.45, 2.75) is 26.2 Å². The summed E-state index contributed by atoms with van der Waals surface area (Å²) in [7, 11) is 0. The van der Waals surface area contributed by atoms with Crippen molar-refractivity contribution in [1.29, 1.82) is 0 Å². The number of anilines is 1. The molecule has 0 atom stereocenters. The van der Waals surface area contributed by atoms with Gasteiger partial charge >= 0.3 is 6.03 Å². The average molecular weight is 222 g/mol. The van der Waals surface area contributed by atoms with Crippen LogP contribution in [0.4, 0.5) is 10.5 Å². The molecule has 3 N–H and O–H groups in total. The van der Waals surface area contributed by atoms with E-state index in [0.717, 1.165) is 19.3 Å². The molecule has 0 spiro atoms. The van der Waals surface area contributed by atoms with Crippen LogP contribution in [-0.4, -0.2) is 17.7 Å². The Hall–Kier alpha value is -1.71. The highest BCUT2D eigenvalue weighted by Gasteiger charge is 2.00. The molecule has 88 valence electrons. The number of nitrogens with one attached hydrogen (secondary N) is 2. The Labute approximate surface area is 95.7 Å². The van der Waals surface area contributed by atoms with Crippen molar-refractivity contribution in [2.24, 2.45) is 0 Å². The molecule has 1 aromatic carbocycles. The standard InChI is InChI=1S/C12H18N2O2/c1-2-3-4-8-13-12(16)14-10-6-5-7-11(15)9-10/h5-7,9,15H,2-4,8H2,1H3,(H2,13,14,16). The van der Waals surface area contributed by atoms with E-state index in [9.17, 15) is 9.90 Å². The van der Waals surface area contributed by atoms with Gasteiger partial charge in [-0.15, -0.1) is 0 Å². The van der Waals surface area contributed by atoms with Crippen LogP contribution >= 0.6 is 0 Å². The van der Waals surface area contributed by atoms with Crippen LogP contribution in [0.1, 0.15) is 26.2 Å². The van der Waals surface area contributed by atoms with E-state index in [1.54, 1.807) is 18.2 Å². The summed E-state index contributed by atoms with van der Waals surface area (Å²) in [6.07, 6.45) is 3.24. The van der Waals surface area contributed by atoms with Gasteiger partial charge in [0.1, 0.15) is 5.75 Å². The smallest absolute Gasteiger partial charge is 0.319 e. The molecule has 0 aliphatic carbocycles. The monoisotopic (exact) mass is 222 g/mol. The van der Waals surface area contributed by atoms with Gasteiger partial charge in [-0.1, -0.05) is 25.8 Å². The molecule has 0 radical (unpaired) electrons. The lowest BCUT2D eigenvalue weighted by molar-refractivity contribution is 0.252. The fourth-order valence-electron chi connectivity index (χ4n) is 1.34. The SMILES string of the molecule is CCCCCNC(=O)Nc1cccc(O)c1. The molecule has 0 aliphatic heterocycles. The number of carbonyl (C=O) groups excluding carboxylic acids is 1. The summed E-state index contributed by atoms with van der Waals surface area (Å²) in [4.78, 5) is 11.4. The van der Waals surface area contributed by atoms with Crippen molar-refractivity contribution < 1.29 is 9.90 Å². The molecular weight excluding hydrogens is 204 g/mol. The van der Waals surface area contributed by atoms with Crippen LogP contribution in [0.2, 0.25) is 0 Å². The Morgan fingerprint density at radius 2 is 2.19 bits per heavy atom. The Morgan fingerprint density at radius 3 is 2.88 bits per heavy atom. The molecule has 0 saturated carbocycles. The number of unbranched alkanes of at least 4 members (excludes halogenated alkanes) is 2. The summed E-state index contributed by atoms with van der Waals surface area (Å²) in [6.45, 7) is 2.80. The maximum Gasteiger partial charge on any atom is 0.319 e. The van der Waals surface area contributed by atoms with Crippen molar-refractivity contribution in [3.05, 3.63) is 24.3 Å². The second kappa shape index (κ2) is 6.71. The highest BCUT2D eigenvalue weighted by Crippen LogP contribution is 2.14. The van der Waals surface area contributed by atoms with Gasteiger partial charge in [0, 0.05) is 18.3 Å². The van der Waals surface area contributed by atoms with Gasteiger partial charge in [0.05, 0.1) is 0 Å². The summed E-state index contributed by atoms with van der Waals surface area (Å²) in [5.41, 5.74) is 0.591. The molecule has 0 aliphatic rings. The first-order valence-corrected chi connectivity index (χ1v) is 5.56. The maximum atomic E-state index is 11.4. The number of carbonyl (C=O) groups is 1. The summed E-state index contributed by atoms with van der Waals surface area (Å²) in [6, 6.07) is 6.24. The molecule has 1 rings (SSSR count). The van der Waals surface area contributed by atoms with Crippen molar-refractivity contribution in [3.8, 4) is 5.75 Å². The van der Waals surface area contributed by atoms with Crippen LogP contribution in [-0.2, 0) is 0 Å². The number of aromatic hydroxyl groups is 1. The summed E-state index contributed by atoms with van der Waals surface area (Å²) in [5.74, 6) is 0.142. The molecule has 0 aromatic heterocycles. The van der Waals surface area contributed by atoms with Crippen LogP contribution in [0, 0.1) is 0 Å². The molecule has 0 saturated heterocycles. The maximum absolute atomic E-state index is 11.4. The van der Waals surface area contributed by atoms with Gasteiger partial charge in [-0.05, 0) is 18.6 Å². The van der Waals surface area contributed by atoms with Gasteiger partial charge in [0.2, 0.25) is 0 Å². The highest BCUT2D eigenvalue weighted by atomic mass is 16.3. The van der Waals surface area contributed by atoms with Gasteiger partial charge in [0.25, 0.3) is 0 Å². The van der Waals surface area contributed by atoms with Gasteiger partial charge in [-0.3, -0.25) is 0 Å². The van der Waals surface area contributed by atoms with Gasteiger partial charge in [-0.2, -0.15) is 0 Å². The van der Waals surface area contributed by atoms with E-state index in [1.807, 2.05) is 0 Å². The topological polar surface area (TPSA) is 61.4 Å². The third-order valence-electron chi connectivity index (χ3n) is 2.17. The summed E-state index contributed by atoms with van der Waals surface area (Å²) >= 11 is 0. The van der Waals surface area contributed by atoms with E-state index >= 15 is 0 Å². The van der Waals surface area contributed by atoms with E-state index < -0.39 is 0 Å². The van der Waals surface area contributed by atoms with Crippen LogP contribution in [0.5, 0.6) is 5.75 Å². The zero-order valence-corrected chi connectivity index (χ0v) is 9.49. The minimum absolute atomic E-state index is 0.142. The second-order valence-corrected chi connectivity index (χ2v) is 3.64. The Balaban J connectivity index is 2.29. The predicted molar refractivity (Wildman–Crippen MR) is 64.7 cm³/mol. The number of hydrogen-bond acceptors (Lipinski definition) is 2. The zero-order chi connectivity index (χ0) is 11.8. The number of hydrogen-bond donors (Lipinski definition) is 3. The summed E-state index contributed by atoms with van der Waals surface area (Å²) < 4.78 is 0. The molecule has 0 fully saturated rings. The molecule has 2 amide bonds. The first kappa shape index (κ1) is 12.4. The number of urea groups is 1. The van der Waals surface area contributed by atoms with E-state index in [1.165, 1.54) is 6.07 Å². The zero-order valence-electron chi connectivity index (χ0n) is 9.49. The Kier molecular flexibility index (Phi) is 5.19. The Bertz CT molecular complexity index is 340. The number of rotatable bonds is 5. The second-order valence-electron chi connectivity index (χ2n) is 3.64. The quantitative estimate of drug-likeness (QED) is 0.671. The lowest BCUT2D eigenvalue weighted by Crippen LogP contribution is -2.29. The fourth-order valence-corrected chi connectivity index (χ4v) is 1.34. The molecule has 4 heteroatoms. The molecular formula is C12H18N2O2. The molecule has 0 unspecified atom stereocenters. The van der Waals surface area contributed by atoms with Crippen molar-refractivity contribution in [3.63, 3.8) is 0 Å². The third kappa shape index (κ3) is 4.68. The fraction of sp³-hybridized carbons (Fsp3) is 0.417. The molecule has 16 heavy (non-hydrogen) atoms. The van der Waals surface area contributed by atoms with Crippen molar-refractivity contribution in [2.75, 3.05) is 11.9 Å². The van der Waals surface area contributed by atoms with Gasteiger partial charge in [-0.25, -0.2) is 4.79 Å². The van der Waals surface area contributed by atoms with Crippen LogP contribution in [0.25, 0.3) is 0 Å². The van der Waals surface area contributed by atoms with Crippen molar-refractivity contribution >= 4 is 11.7 Å². The first-order valence-electron chi connectivity index (χ1n) is 5.56. The van der Waals surface area contributed by atoms with Crippen LogP contribution in [0.3, 0.4) is 0 Å². The molecule has 0 heterocycles. The minimum Gasteiger partial charge on any atom is -0.508 e. The Morgan fingerprint density at radius 1 is 1.38 bits per heavy atom. The van der Waals surface area contributed by atoms with E-state index in [0.29, 0.717) is 12.2 Å². The van der Waals surface area contributed by atoms with Gasteiger partial charge in [0.15, 0.2) is 0 Å². The van der Waals surface area contributed by atoms with E-state index in [2.05, 4.69) is 17.6 Å². The number of benzene rings is 1. The van der Waals surface area contributed by atoms with E-state index in [4.69, 9.17) is 0 Å². The minimum atomic E-state index is -0.235. The molecule has 0 bridgehead atoms. The lowest BCUT2D eigenvalue weighted by atomic mass is 10.2.